The minimum Gasteiger partial charge on any atom is -0.398 e. The van der Waals surface area contributed by atoms with Crippen LogP contribution in [0, 0.1) is 5.92 Å². The molecule has 1 fully saturated rings. The van der Waals surface area contributed by atoms with Crippen molar-refractivity contribution in [1.29, 1.82) is 0 Å². The van der Waals surface area contributed by atoms with Gasteiger partial charge >= 0.3 is 0 Å². The molecular formula is C15H18N2O. The molecule has 0 saturated heterocycles. The zero-order valence-corrected chi connectivity index (χ0v) is 10.5. The number of nitrogens with two attached hydrogens (primary N) is 1. The van der Waals surface area contributed by atoms with Gasteiger partial charge in [-0.2, -0.15) is 0 Å². The molecule has 1 saturated carbocycles. The van der Waals surface area contributed by atoms with E-state index in [0.29, 0.717) is 24.0 Å². The van der Waals surface area contributed by atoms with E-state index < -0.39 is 0 Å². The third-order valence-corrected chi connectivity index (χ3v) is 4.88. The number of carbonyl (C=O) groups excluding carboxylic acids is 1. The third kappa shape index (κ3) is 1.36. The largest absolute Gasteiger partial charge is 0.398 e. The summed E-state index contributed by atoms with van der Waals surface area (Å²) >= 11 is 0. The maximum absolute atomic E-state index is 11.8. The highest BCUT2D eigenvalue weighted by atomic mass is 16.1. The molecule has 4 rings (SSSR count). The smallest absolute Gasteiger partial charge is 0.133 e. The quantitative estimate of drug-likeness (QED) is 0.758. The van der Waals surface area contributed by atoms with Crippen LogP contribution in [-0.2, 0) is 24.1 Å². The second-order valence-corrected chi connectivity index (χ2v) is 6.11. The molecule has 3 aliphatic carbocycles. The van der Waals surface area contributed by atoms with Crippen LogP contribution in [0.4, 0.5) is 5.69 Å². The van der Waals surface area contributed by atoms with E-state index >= 15 is 0 Å². The Balaban J connectivity index is 1.89. The lowest BCUT2D eigenvalue weighted by atomic mass is 9.69. The van der Waals surface area contributed by atoms with Gasteiger partial charge < -0.3 is 5.73 Å². The Morgan fingerprint density at radius 2 is 2.00 bits per heavy atom. The van der Waals surface area contributed by atoms with Crippen LogP contribution >= 0.6 is 0 Å². The standard InChI is InChI=1S/C15H18N2O/c16-15-11-2-1-3-12(11)17-13-6-8-4-9(14(13)15)7-10(18)5-8/h8-9H,1-7H2,(H2,16,17)/t8-,9+/m0/s1. The number of nitrogens with zero attached hydrogens (tertiary/aromatic N) is 1. The maximum atomic E-state index is 11.8. The second-order valence-electron chi connectivity index (χ2n) is 6.11. The topological polar surface area (TPSA) is 56.0 Å². The SMILES string of the molecule is Nc1c2c(nc3c1[C@H]1CC(=O)C[C@@H](C3)C1)CCC2. The highest BCUT2D eigenvalue weighted by Gasteiger charge is 2.37. The number of hydrogen-bond acceptors (Lipinski definition) is 3. The lowest BCUT2D eigenvalue weighted by Gasteiger charge is -2.36. The lowest BCUT2D eigenvalue weighted by molar-refractivity contribution is -0.122. The number of ketones is 1. The molecular weight excluding hydrogens is 224 g/mol. The minimum atomic E-state index is 0.360. The van der Waals surface area contributed by atoms with Crippen molar-refractivity contribution in [2.24, 2.45) is 5.92 Å². The van der Waals surface area contributed by atoms with Crippen LogP contribution in [-0.4, -0.2) is 10.8 Å². The van der Waals surface area contributed by atoms with Crippen molar-refractivity contribution in [3.05, 3.63) is 22.5 Å². The van der Waals surface area contributed by atoms with Crippen molar-refractivity contribution in [3.63, 3.8) is 0 Å². The molecule has 3 heteroatoms. The molecule has 0 radical (unpaired) electrons. The molecule has 0 spiro atoms. The normalized spacial score (nSPS) is 29.0. The molecule has 18 heavy (non-hydrogen) atoms. The van der Waals surface area contributed by atoms with Gasteiger partial charge in [0, 0.05) is 35.5 Å². The molecule has 3 nitrogen and oxygen atoms in total. The predicted molar refractivity (Wildman–Crippen MR) is 69.5 cm³/mol. The number of aryl methyl sites for hydroxylation is 1. The molecule has 2 atom stereocenters. The second kappa shape index (κ2) is 3.56. The van der Waals surface area contributed by atoms with Crippen molar-refractivity contribution in [1.82, 2.24) is 4.98 Å². The molecule has 0 aliphatic heterocycles. The number of nitrogen functional groups attached to an aromatic ring is 1. The summed E-state index contributed by atoms with van der Waals surface area (Å²) in [6, 6.07) is 0. The Bertz CT molecular complexity index is 550. The molecule has 0 aromatic carbocycles. The van der Waals surface area contributed by atoms with Crippen LogP contribution in [0.5, 0.6) is 0 Å². The van der Waals surface area contributed by atoms with E-state index in [-0.39, 0.29) is 0 Å². The van der Waals surface area contributed by atoms with Crippen LogP contribution in [0.25, 0.3) is 0 Å². The first-order chi connectivity index (χ1) is 8.72. The summed E-state index contributed by atoms with van der Waals surface area (Å²) in [5, 5.41) is 0. The van der Waals surface area contributed by atoms with E-state index in [1.807, 2.05) is 0 Å². The number of Topliss-reactive ketones (excluding diaryl/α,β-unsaturated/α-hetero) is 1. The molecule has 1 heterocycles. The monoisotopic (exact) mass is 242 g/mol. The Hall–Kier alpha value is -1.38. The van der Waals surface area contributed by atoms with Crippen LogP contribution in [0.1, 0.15) is 54.1 Å². The summed E-state index contributed by atoms with van der Waals surface area (Å²) in [6.07, 6.45) is 6.90. The van der Waals surface area contributed by atoms with Gasteiger partial charge in [-0.3, -0.25) is 9.78 Å². The highest BCUT2D eigenvalue weighted by Crippen LogP contribution is 2.46. The zero-order chi connectivity index (χ0) is 12.3. The first-order valence-corrected chi connectivity index (χ1v) is 7.04. The number of hydrogen-bond donors (Lipinski definition) is 1. The van der Waals surface area contributed by atoms with Crippen molar-refractivity contribution in [2.75, 3.05) is 5.73 Å². The van der Waals surface area contributed by atoms with Gasteiger partial charge in [0.15, 0.2) is 0 Å². The van der Waals surface area contributed by atoms with E-state index in [0.717, 1.165) is 37.8 Å². The molecule has 2 N–H and O–H groups in total. The third-order valence-electron chi connectivity index (χ3n) is 4.88. The van der Waals surface area contributed by atoms with Crippen LogP contribution in [0.15, 0.2) is 0 Å². The van der Waals surface area contributed by atoms with E-state index in [9.17, 15) is 4.79 Å². The average molecular weight is 242 g/mol. The fourth-order valence-corrected chi connectivity index (χ4v) is 4.19. The average Bonchev–Trinajstić information content (AvgIpc) is 2.76. The first-order valence-electron chi connectivity index (χ1n) is 7.04. The Kier molecular flexibility index (Phi) is 2.08. The molecule has 2 bridgehead atoms. The van der Waals surface area contributed by atoms with Gasteiger partial charge in [0.1, 0.15) is 5.78 Å². The number of rotatable bonds is 0. The zero-order valence-electron chi connectivity index (χ0n) is 10.5. The fourth-order valence-electron chi connectivity index (χ4n) is 4.19. The summed E-state index contributed by atoms with van der Waals surface area (Å²) in [4.78, 5) is 16.6. The van der Waals surface area contributed by atoms with Gasteiger partial charge in [0.2, 0.25) is 0 Å². The fraction of sp³-hybridized carbons (Fsp3) is 0.600. The van der Waals surface area contributed by atoms with Crippen molar-refractivity contribution in [2.45, 2.75) is 50.9 Å². The Labute approximate surface area is 107 Å². The first kappa shape index (κ1) is 10.5. The van der Waals surface area contributed by atoms with E-state index in [4.69, 9.17) is 10.7 Å². The van der Waals surface area contributed by atoms with Gasteiger partial charge in [-0.25, -0.2) is 0 Å². The van der Waals surface area contributed by atoms with E-state index in [1.54, 1.807) is 0 Å². The van der Waals surface area contributed by atoms with Crippen LogP contribution < -0.4 is 5.73 Å². The van der Waals surface area contributed by atoms with Gasteiger partial charge in [0.25, 0.3) is 0 Å². The highest BCUT2D eigenvalue weighted by molar-refractivity contribution is 5.81. The predicted octanol–water partition coefficient (Wildman–Crippen LogP) is 2.16. The number of fused-ring (bicyclic) bond motifs is 5. The summed E-state index contributed by atoms with van der Waals surface area (Å²) in [5.41, 5.74) is 12.3. The number of anilines is 1. The number of pyridine rings is 1. The maximum Gasteiger partial charge on any atom is 0.133 e. The van der Waals surface area contributed by atoms with Gasteiger partial charge in [-0.05, 0) is 49.5 Å². The van der Waals surface area contributed by atoms with Crippen molar-refractivity contribution >= 4 is 11.5 Å². The molecule has 3 aliphatic rings. The molecule has 0 unspecified atom stereocenters. The van der Waals surface area contributed by atoms with E-state index in [2.05, 4.69) is 0 Å². The number of carbonyl (C=O) groups is 1. The molecule has 1 aromatic heterocycles. The lowest BCUT2D eigenvalue weighted by Crippen LogP contribution is -2.30. The summed E-state index contributed by atoms with van der Waals surface area (Å²) in [6.45, 7) is 0. The molecule has 0 amide bonds. The van der Waals surface area contributed by atoms with Gasteiger partial charge in [-0.15, -0.1) is 0 Å². The van der Waals surface area contributed by atoms with Gasteiger partial charge in [0.05, 0.1) is 0 Å². The van der Waals surface area contributed by atoms with E-state index in [1.165, 1.54) is 28.9 Å². The molecule has 1 aromatic rings. The minimum absolute atomic E-state index is 0.360. The molecule has 94 valence electrons. The van der Waals surface area contributed by atoms with Crippen LogP contribution in [0.2, 0.25) is 0 Å². The van der Waals surface area contributed by atoms with Crippen molar-refractivity contribution < 1.29 is 4.79 Å². The Morgan fingerprint density at radius 3 is 2.89 bits per heavy atom. The Morgan fingerprint density at radius 1 is 1.11 bits per heavy atom. The summed E-state index contributed by atoms with van der Waals surface area (Å²) in [5.74, 6) is 1.30. The number of aromatic nitrogens is 1. The summed E-state index contributed by atoms with van der Waals surface area (Å²) < 4.78 is 0. The van der Waals surface area contributed by atoms with Crippen LogP contribution in [0.3, 0.4) is 0 Å². The van der Waals surface area contributed by atoms with Crippen molar-refractivity contribution in [3.8, 4) is 0 Å². The van der Waals surface area contributed by atoms with Gasteiger partial charge in [-0.1, -0.05) is 0 Å². The summed E-state index contributed by atoms with van der Waals surface area (Å²) in [7, 11) is 0.